The van der Waals surface area contributed by atoms with Crippen LogP contribution in [0.2, 0.25) is 0 Å². The summed E-state index contributed by atoms with van der Waals surface area (Å²) in [5.41, 5.74) is 0. The fourth-order valence-corrected chi connectivity index (χ4v) is 3.95. The minimum absolute atomic E-state index is 0.186. The molecule has 1 aliphatic carbocycles. The van der Waals surface area contributed by atoms with E-state index in [1.165, 1.54) is 17.8 Å². The summed E-state index contributed by atoms with van der Waals surface area (Å²) in [6.07, 6.45) is 3.42. The van der Waals surface area contributed by atoms with Gasteiger partial charge >= 0.3 is 0 Å². The summed E-state index contributed by atoms with van der Waals surface area (Å²) < 4.78 is 27.7. The summed E-state index contributed by atoms with van der Waals surface area (Å²) in [7, 11) is 0. The minimum atomic E-state index is -0.233. The van der Waals surface area contributed by atoms with Crippen molar-refractivity contribution in [1.82, 2.24) is 0 Å². The van der Waals surface area contributed by atoms with Crippen LogP contribution in [-0.2, 0) is 0 Å². The lowest BCUT2D eigenvalue weighted by molar-refractivity contribution is 0.115. The van der Waals surface area contributed by atoms with Crippen molar-refractivity contribution in [2.24, 2.45) is 0 Å². The van der Waals surface area contributed by atoms with E-state index in [-0.39, 0.29) is 11.9 Å². The van der Waals surface area contributed by atoms with Crippen LogP contribution in [0.4, 0.5) is 4.39 Å². The van der Waals surface area contributed by atoms with E-state index >= 15 is 0 Å². The Kier molecular flexibility index (Phi) is 3.41. The monoisotopic (exact) mass is 316 g/mol. The maximum absolute atomic E-state index is 14.7. The lowest BCUT2D eigenvalue weighted by atomic mass is 9.96. The van der Waals surface area contributed by atoms with Gasteiger partial charge in [-0.3, -0.25) is 0 Å². The molecule has 2 nitrogen and oxygen atoms in total. The van der Waals surface area contributed by atoms with E-state index < -0.39 is 0 Å². The number of hydrogen-bond acceptors (Lipinski definition) is 3. The van der Waals surface area contributed by atoms with Gasteiger partial charge in [-0.15, -0.1) is 11.3 Å². The first-order valence-corrected chi connectivity index (χ1v) is 8.52. The molecule has 4 rings (SSSR count). The van der Waals surface area contributed by atoms with Crippen molar-refractivity contribution >= 4 is 31.5 Å². The van der Waals surface area contributed by atoms with Crippen molar-refractivity contribution < 1.29 is 13.9 Å². The molecule has 2 aromatic carbocycles. The van der Waals surface area contributed by atoms with Gasteiger partial charge in [0.05, 0.1) is 17.4 Å². The number of ether oxygens (including phenoxy) is 2. The lowest BCUT2D eigenvalue weighted by Gasteiger charge is -2.26. The summed E-state index contributed by atoms with van der Waals surface area (Å²) in [4.78, 5) is 0. The van der Waals surface area contributed by atoms with Crippen LogP contribution in [0, 0.1) is 5.82 Å². The highest BCUT2D eigenvalue weighted by molar-refractivity contribution is 7.25. The predicted molar refractivity (Wildman–Crippen MR) is 88.7 cm³/mol. The molecule has 1 fully saturated rings. The number of rotatable bonds is 4. The molecule has 3 aromatic rings. The lowest BCUT2D eigenvalue weighted by Crippen LogP contribution is -2.24. The predicted octanol–water partition coefficient (Wildman–Crippen LogP) is 5.52. The molecule has 1 aliphatic rings. The van der Waals surface area contributed by atoms with Crippen molar-refractivity contribution in [2.75, 3.05) is 6.61 Å². The van der Waals surface area contributed by atoms with E-state index in [0.29, 0.717) is 17.1 Å². The fourth-order valence-electron chi connectivity index (χ4n) is 2.79. The first-order chi connectivity index (χ1) is 10.8. The number of halogens is 1. The second-order valence-electron chi connectivity index (χ2n) is 5.62. The van der Waals surface area contributed by atoms with E-state index in [1.54, 1.807) is 6.07 Å². The van der Waals surface area contributed by atoms with Gasteiger partial charge in [0.2, 0.25) is 0 Å². The standard InChI is InChI=1S/C18H17FO2S/c1-2-20-12-6-7-13-14-8-9-15(21-11-4-3-5-11)17(19)18(14)22-16(13)10-12/h6-11H,2-5H2,1H3. The van der Waals surface area contributed by atoms with Crippen LogP contribution in [0.25, 0.3) is 20.2 Å². The Balaban J connectivity index is 1.81. The quantitative estimate of drug-likeness (QED) is 0.630. The van der Waals surface area contributed by atoms with Gasteiger partial charge < -0.3 is 9.47 Å². The Morgan fingerprint density at radius 2 is 2.00 bits per heavy atom. The van der Waals surface area contributed by atoms with Crippen LogP contribution in [0.3, 0.4) is 0 Å². The van der Waals surface area contributed by atoms with Crippen molar-refractivity contribution in [3.63, 3.8) is 0 Å². The highest BCUT2D eigenvalue weighted by Gasteiger charge is 2.22. The average Bonchev–Trinajstić information content (AvgIpc) is 2.84. The van der Waals surface area contributed by atoms with E-state index in [9.17, 15) is 4.39 Å². The highest BCUT2D eigenvalue weighted by atomic mass is 32.1. The third-order valence-corrected chi connectivity index (χ3v) is 5.33. The zero-order valence-electron chi connectivity index (χ0n) is 12.4. The Morgan fingerprint density at radius 3 is 2.73 bits per heavy atom. The first kappa shape index (κ1) is 13.8. The largest absolute Gasteiger partial charge is 0.494 e. The molecule has 1 saturated carbocycles. The summed E-state index contributed by atoms with van der Waals surface area (Å²) in [5, 5.41) is 2.01. The van der Waals surface area contributed by atoms with Gasteiger partial charge in [-0.25, -0.2) is 4.39 Å². The van der Waals surface area contributed by atoms with Crippen LogP contribution in [0.1, 0.15) is 26.2 Å². The van der Waals surface area contributed by atoms with Gasteiger partial charge in [-0.05, 0) is 56.5 Å². The number of hydrogen-bond donors (Lipinski definition) is 0. The molecule has 114 valence electrons. The zero-order chi connectivity index (χ0) is 15.1. The van der Waals surface area contributed by atoms with Crippen LogP contribution >= 0.6 is 11.3 Å². The van der Waals surface area contributed by atoms with Crippen molar-refractivity contribution in [3.8, 4) is 11.5 Å². The Morgan fingerprint density at radius 1 is 1.18 bits per heavy atom. The maximum Gasteiger partial charge on any atom is 0.182 e. The normalized spacial score (nSPS) is 15.2. The van der Waals surface area contributed by atoms with Gasteiger partial charge in [-0.1, -0.05) is 0 Å². The molecule has 0 saturated heterocycles. The molecule has 0 N–H and O–H groups in total. The summed E-state index contributed by atoms with van der Waals surface area (Å²) in [6.45, 7) is 2.59. The van der Waals surface area contributed by atoms with Gasteiger partial charge in [0.15, 0.2) is 11.6 Å². The second-order valence-corrected chi connectivity index (χ2v) is 6.67. The summed E-state index contributed by atoms with van der Waals surface area (Å²) >= 11 is 1.46. The molecule has 1 aromatic heterocycles. The van der Waals surface area contributed by atoms with Crippen LogP contribution < -0.4 is 9.47 Å². The number of fused-ring (bicyclic) bond motifs is 3. The third-order valence-electron chi connectivity index (χ3n) is 4.17. The molecule has 0 spiro atoms. The average molecular weight is 316 g/mol. The topological polar surface area (TPSA) is 18.5 Å². The van der Waals surface area contributed by atoms with Gasteiger partial charge in [0, 0.05) is 15.5 Å². The number of benzene rings is 2. The smallest absolute Gasteiger partial charge is 0.182 e. The maximum atomic E-state index is 14.7. The molecule has 22 heavy (non-hydrogen) atoms. The molecule has 0 atom stereocenters. The molecular weight excluding hydrogens is 299 g/mol. The van der Waals surface area contributed by atoms with E-state index in [1.807, 2.05) is 31.2 Å². The molecular formula is C18H17FO2S. The van der Waals surface area contributed by atoms with Crippen molar-refractivity contribution in [2.45, 2.75) is 32.3 Å². The first-order valence-electron chi connectivity index (χ1n) is 7.70. The Labute approximate surface area is 132 Å². The molecule has 1 heterocycles. The van der Waals surface area contributed by atoms with Gasteiger partial charge in [0.1, 0.15) is 5.75 Å². The number of thiophene rings is 1. The van der Waals surface area contributed by atoms with E-state index in [0.717, 1.165) is 34.1 Å². The molecule has 0 unspecified atom stereocenters. The van der Waals surface area contributed by atoms with Gasteiger partial charge in [-0.2, -0.15) is 0 Å². The highest BCUT2D eigenvalue weighted by Crippen LogP contribution is 2.40. The zero-order valence-corrected chi connectivity index (χ0v) is 13.2. The van der Waals surface area contributed by atoms with E-state index in [2.05, 4.69) is 0 Å². The molecule has 0 amide bonds. The second kappa shape index (κ2) is 5.43. The van der Waals surface area contributed by atoms with E-state index in [4.69, 9.17) is 9.47 Å². The Hall–Kier alpha value is -1.81. The van der Waals surface area contributed by atoms with Crippen molar-refractivity contribution in [1.29, 1.82) is 0 Å². The van der Waals surface area contributed by atoms with Crippen LogP contribution in [0.5, 0.6) is 11.5 Å². The van der Waals surface area contributed by atoms with Crippen LogP contribution in [0.15, 0.2) is 30.3 Å². The summed E-state index contributed by atoms with van der Waals surface area (Å²) in [6, 6.07) is 9.65. The summed E-state index contributed by atoms with van der Waals surface area (Å²) in [5.74, 6) is 0.977. The SMILES string of the molecule is CCOc1ccc2c(c1)sc1c(F)c(OC3CCC3)ccc12. The van der Waals surface area contributed by atoms with Crippen LogP contribution in [-0.4, -0.2) is 12.7 Å². The molecule has 4 heteroatoms. The Bertz CT molecular complexity index is 836. The molecule has 0 aliphatic heterocycles. The fraction of sp³-hybridized carbons (Fsp3) is 0.333. The van der Waals surface area contributed by atoms with Crippen molar-refractivity contribution in [3.05, 3.63) is 36.1 Å². The molecule has 0 bridgehead atoms. The molecule has 0 radical (unpaired) electrons. The van der Waals surface area contributed by atoms with Gasteiger partial charge in [0.25, 0.3) is 0 Å². The minimum Gasteiger partial charge on any atom is -0.494 e. The third kappa shape index (κ3) is 2.22.